The van der Waals surface area contributed by atoms with Gasteiger partial charge in [-0.2, -0.15) is 0 Å². The summed E-state index contributed by atoms with van der Waals surface area (Å²) >= 11 is 0. The number of esters is 1. The molecule has 9 nitrogen and oxygen atoms in total. The molecule has 10 atom stereocenters. The summed E-state index contributed by atoms with van der Waals surface area (Å²) in [6, 6.07) is 1.79. The summed E-state index contributed by atoms with van der Waals surface area (Å²) in [5.74, 6) is -2.00. The van der Waals surface area contributed by atoms with E-state index >= 15 is 0 Å². The van der Waals surface area contributed by atoms with Crippen molar-refractivity contribution in [3.63, 3.8) is 0 Å². The summed E-state index contributed by atoms with van der Waals surface area (Å²) in [5.41, 5.74) is -3.44. The summed E-state index contributed by atoms with van der Waals surface area (Å²) in [6.45, 7) is 8.09. The quantitative estimate of drug-likeness (QED) is 0.507. The normalized spacial score (nSPS) is 52.7. The Hall–Kier alpha value is -2.23. The lowest BCUT2D eigenvalue weighted by atomic mass is 9.37. The van der Waals surface area contributed by atoms with Crippen LogP contribution >= 0.6 is 0 Å². The molecule has 1 aromatic heterocycles. The van der Waals surface area contributed by atoms with E-state index in [1.54, 1.807) is 18.6 Å². The summed E-state index contributed by atoms with van der Waals surface area (Å²) in [4.78, 5) is 39.5. The van der Waals surface area contributed by atoms with Gasteiger partial charge in [-0.15, -0.1) is 0 Å². The van der Waals surface area contributed by atoms with Gasteiger partial charge in [-0.3, -0.25) is 9.59 Å². The standard InChI is InChI=1S/C26H30O9/c1-22(2)17-16-18(29)24(4)13(25(17,11-32-16)14(34-22)9-15(27)28)5-7-23(3)19(12-6-8-31-10-12)33-21(30)20-26(23,24)35-20/h6,8,10,13-14,16-17,19-20H,5,7,9,11H2,1-4H3,(H,27,28)/t13-,14-,16-,17-,19-,20+,23-,24-,25-,26+/m0/s1. The minimum absolute atomic E-state index is 0.0673. The predicted octanol–water partition coefficient (Wildman–Crippen LogP) is 2.67. The van der Waals surface area contributed by atoms with Crippen molar-refractivity contribution in [2.75, 3.05) is 6.61 Å². The first-order valence-electron chi connectivity index (χ1n) is 12.4. The first-order chi connectivity index (χ1) is 16.4. The number of hydrogen-bond acceptors (Lipinski definition) is 8. The minimum atomic E-state index is -1.07. The highest BCUT2D eigenvalue weighted by atomic mass is 16.7. The fraction of sp³-hybridized carbons (Fsp3) is 0.731. The number of carbonyl (C=O) groups excluding carboxylic acids is 2. The molecule has 2 aliphatic carbocycles. The van der Waals surface area contributed by atoms with Gasteiger partial charge in [0.05, 0.1) is 42.7 Å². The number of hydrogen-bond donors (Lipinski definition) is 1. The molecule has 6 fully saturated rings. The lowest BCUT2D eigenvalue weighted by molar-refractivity contribution is -0.208. The van der Waals surface area contributed by atoms with Crippen LogP contribution in [0.3, 0.4) is 0 Å². The molecule has 0 aromatic carbocycles. The molecule has 0 amide bonds. The molecular weight excluding hydrogens is 456 g/mol. The van der Waals surface area contributed by atoms with Gasteiger partial charge in [-0.1, -0.05) is 6.92 Å². The van der Waals surface area contributed by atoms with Crippen molar-refractivity contribution in [3.05, 3.63) is 24.2 Å². The van der Waals surface area contributed by atoms with Crippen LogP contribution in [0.25, 0.3) is 0 Å². The number of aliphatic carboxylic acids is 1. The number of ether oxygens (including phenoxy) is 4. The van der Waals surface area contributed by atoms with E-state index in [4.69, 9.17) is 23.4 Å². The van der Waals surface area contributed by atoms with Crippen LogP contribution in [0.4, 0.5) is 0 Å². The van der Waals surface area contributed by atoms with Crippen LogP contribution in [-0.2, 0) is 33.3 Å². The van der Waals surface area contributed by atoms with Gasteiger partial charge in [-0.05, 0) is 45.6 Å². The van der Waals surface area contributed by atoms with Crippen molar-refractivity contribution in [2.45, 2.75) is 82.6 Å². The zero-order valence-electron chi connectivity index (χ0n) is 20.2. The van der Waals surface area contributed by atoms with Crippen LogP contribution in [0.5, 0.6) is 0 Å². The predicted molar refractivity (Wildman–Crippen MR) is 116 cm³/mol. The zero-order chi connectivity index (χ0) is 24.8. The molecule has 35 heavy (non-hydrogen) atoms. The number of carbonyl (C=O) groups is 3. The highest BCUT2D eigenvalue weighted by Crippen LogP contribution is 2.80. The third-order valence-electron chi connectivity index (χ3n) is 10.7. The number of carboxylic acid groups (broad SMARTS) is 1. The Labute approximate surface area is 202 Å². The third-order valence-corrected chi connectivity index (χ3v) is 10.7. The third kappa shape index (κ3) is 2.14. The Kier molecular flexibility index (Phi) is 3.88. The first-order valence-corrected chi connectivity index (χ1v) is 12.4. The van der Waals surface area contributed by atoms with Gasteiger partial charge in [0, 0.05) is 22.3 Å². The van der Waals surface area contributed by atoms with Crippen molar-refractivity contribution in [1.29, 1.82) is 0 Å². The second-order valence-electron chi connectivity index (χ2n) is 12.3. The number of fused-ring (bicyclic) bond motifs is 1. The van der Waals surface area contributed by atoms with E-state index in [-0.39, 0.29) is 30.6 Å². The molecule has 9 heteroatoms. The number of furan rings is 1. The fourth-order valence-corrected chi connectivity index (χ4v) is 9.63. The van der Waals surface area contributed by atoms with E-state index < -0.39 is 63.8 Å². The highest BCUT2D eigenvalue weighted by Gasteiger charge is 2.91. The lowest BCUT2D eigenvalue weighted by Gasteiger charge is -2.63. The van der Waals surface area contributed by atoms with E-state index in [0.717, 1.165) is 5.56 Å². The van der Waals surface area contributed by atoms with Gasteiger partial charge < -0.3 is 28.5 Å². The molecule has 1 spiro atoms. The maximum atomic E-state index is 14.5. The molecule has 0 unspecified atom stereocenters. The summed E-state index contributed by atoms with van der Waals surface area (Å²) in [6.07, 6.45) is 1.46. The van der Waals surface area contributed by atoms with Crippen LogP contribution in [0.2, 0.25) is 0 Å². The van der Waals surface area contributed by atoms with Crippen LogP contribution in [0, 0.1) is 28.1 Å². The molecule has 1 N–H and O–H groups in total. The summed E-state index contributed by atoms with van der Waals surface area (Å²) in [7, 11) is 0. The maximum Gasteiger partial charge on any atom is 0.339 e. The van der Waals surface area contributed by atoms with Gasteiger partial charge >= 0.3 is 11.9 Å². The van der Waals surface area contributed by atoms with Gasteiger partial charge in [0.2, 0.25) is 0 Å². The van der Waals surface area contributed by atoms with Crippen molar-refractivity contribution in [1.82, 2.24) is 0 Å². The second-order valence-corrected chi connectivity index (χ2v) is 12.3. The average molecular weight is 487 g/mol. The Bertz CT molecular complexity index is 1160. The average Bonchev–Trinajstić information content (AvgIpc) is 3.09. The van der Waals surface area contributed by atoms with E-state index in [9.17, 15) is 19.5 Å². The van der Waals surface area contributed by atoms with Gasteiger partial charge in [0.15, 0.2) is 11.9 Å². The van der Waals surface area contributed by atoms with Crippen LogP contribution in [0.1, 0.15) is 58.6 Å². The minimum Gasteiger partial charge on any atom is -0.481 e. The topological polar surface area (TPSA) is 125 Å². The smallest absolute Gasteiger partial charge is 0.339 e. The number of Topliss-reactive ketones (excluding diaryl/α,β-unsaturated/α-hetero) is 1. The molecule has 2 bridgehead atoms. The van der Waals surface area contributed by atoms with Crippen molar-refractivity contribution >= 4 is 17.7 Å². The fourth-order valence-electron chi connectivity index (χ4n) is 9.63. The summed E-state index contributed by atoms with van der Waals surface area (Å²) in [5, 5.41) is 9.75. The first kappa shape index (κ1) is 22.0. The zero-order valence-corrected chi connectivity index (χ0v) is 20.2. The molecule has 7 rings (SSSR count). The number of epoxide rings is 1. The summed E-state index contributed by atoms with van der Waals surface area (Å²) < 4.78 is 30.2. The molecule has 2 saturated carbocycles. The maximum absolute atomic E-state index is 14.5. The Balaban J connectivity index is 1.42. The molecule has 4 saturated heterocycles. The monoisotopic (exact) mass is 486 g/mol. The molecule has 5 heterocycles. The molecule has 188 valence electrons. The van der Waals surface area contributed by atoms with E-state index in [1.165, 1.54) is 0 Å². The molecule has 1 aromatic rings. The van der Waals surface area contributed by atoms with Crippen LogP contribution < -0.4 is 0 Å². The Morgan fingerprint density at radius 2 is 1.91 bits per heavy atom. The van der Waals surface area contributed by atoms with Crippen LogP contribution in [-0.4, -0.2) is 58.9 Å². The van der Waals surface area contributed by atoms with Crippen molar-refractivity contribution in [2.24, 2.45) is 28.1 Å². The highest BCUT2D eigenvalue weighted by molar-refractivity contribution is 5.96. The SMILES string of the molecule is CC1(C)O[C@@H](CC(=O)O)[C@]23CO[C@H](C(=O)[C@]4(C)[C@@H]2CC[C@@]2(C)[C@H](c5ccoc5)OC(=O)[C@H]5O[C@]524)[C@@H]13. The number of cyclic esters (lactones) is 1. The van der Waals surface area contributed by atoms with Crippen molar-refractivity contribution in [3.8, 4) is 0 Å². The number of ketones is 1. The number of rotatable bonds is 3. The van der Waals surface area contributed by atoms with Crippen molar-refractivity contribution < 1.29 is 42.9 Å². The largest absolute Gasteiger partial charge is 0.481 e. The lowest BCUT2D eigenvalue weighted by Crippen LogP contribution is -2.73. The van der Waals surface area contributed by atoms with E-state index in [1.807, 2.05) is 27.7 Å². The van der Waals surface area contributed by atoms with Gasteiger partial charge in [0.1, 0.15) is 17.8 Å². The molecular formula is C26H30O9. The Morgan fingerprint density at radius 3 is 2.60 bits per heavy atom. The van der Waals surface area contributed by atoms with E-state index in [2.05, 4.69) is 0 Å². The number of carboxylic acids is 1. The van der Waals surface area contributed by atoms with Crippen LogP contribution in [0.15, 0.2) is 23.0 Å². The second kappa shape index (κ2) is 6.18. The Morgan fingerprint density at radius 1 is 1.14 bits per heavy atom. The molecule has 0 radical (unpaired) electrons. The van der Waals surface area contributed by atoms with Gasteiger partial charge in [-0.25, -0.2) is 4.79 Å². The molecule has 4 aliphatic heterocycles. The molecule has 6 aliphatic rings. The van der Waals surface area contributed by atoms with Gasteiger partial charge in [0.25, 0.3) is 0 Å². The van der Waals surface area contributed by atoms with E-state index in [0.29, 0.717) is 12.8 Å².